The van der Waals surface area contributed by atoms with Gasteiger partial charge in [0.25, 0.3) is 0 Å². The van der Waals surface area contributed by atoms with Crippen LogP contribution in [-0.2, 0) is 23.4 Å². The van der Waals surface area contributed by atoms with Crippen molar-refractivity contribution in [1.29, 1.82) is 0 Å². The van der Waals surface area contributed by atoms with E-state index in [1.807, 2.05) is 30.3 Å². The second-order valence-electron chi connectivity index (χ2n) is 11.3. The first kappa shape index (κ1) is 31.9. The Morgan fingerprint density at radius 3 is 2.40 bits per heavy atom. The van der Waals surface area contributed by atoms with Gasteiger partial charge in [0.2, 0.25) is 5.60 Å². The first-order chi connectivity index (χ1) is 21.5. The Morgan fingerprint density at radius 1 is 1.02 bits per heavy atom. The van der Waals surface area contributed by atoms with E-state index in [0.717, 1.165) is 11.1 Å². The topological polar surface area (TPSA) is 88.5 Å². The zero-order valence-corrected chi connectivity index (χ0v) is 24.8. The highest BCUT2D eigenvalue weighted by atomic mass is 19.4. The third-order valence-corrected chi connectivity index (χ3v) is 8.24. The molecule has 1 aliphatic rings. The molecule has 3 aromatic carbocycles. The molecular formula is C34H34F3N3O5. The zero-order valence-electron chi connectivity index (χ0n) is 24.8. The maximum Gasteiger partial charge on any atom is 0.422 e. The first-order valence-electron chi connectivity index (χ1n) is 14.6. The minimum Gasteiger partial charge on any atom is -0.493 e. The zero-order chi connectivity index (χ0) is 32.2. The summed E-state index contributed by atoms with van der Waals surface area (Å²) in [4.78, 5) is 16.0. The lowest BCUT2D eigenvalue weighted by Crippen LogP contribution is -2.53. The smallest absolute Gasteiger partial charge is 0.422 e. The molecule has 0 bridgehead atoms. The van der Waals surface area contributed by atoms with Crippen LogP contribution >= 0.6 is 0 Å². The second-order valence-corrected chi connectivity index (χ2v) is 11.3. The van der Waals surface area contributed by atoms with Crippen molar-refractivity contribution in [2.45, 2.75) is 50.1 Å². The first-order valence-corrected chi connectivity index (χ1v) is 14.6. The Hall–Kier alpha value is -4.53. The molecule has 1 saturated heterocycles. The summed E-state index contributed by atoms with van der Waals surface area (Å²) >= 11 is 0. The molecule has 2 heterocycles. The lowest BCUT2D eigenvalue weighted by molar-refractivity contribution is -0.272. The monoisotopic (exact) mass is 621 g/mol. The molecule has 2 N–H and O–H groups in total. The molecule has 1 unspecified atom stereocenters. The van der Waals surface area contributed by atoms with E-state index in [1.54, 1.807) is 33.7 Å². The van der Waals surface area contributed by atoms with E-state index in [-0.39, 0.29) is 43.1 Å². The Labute approximate surface area is 259 Å². The summed E-state index contributed by atoms with van der Waals surface area (Å²) in [6, 6.07) is 19.0. The number of β-amino-alcohol motifs (C(OH)–C–C–N with tert-alkyl or cyclic N) is 1. The van der Waals surface area contributed by atoms with Gasteiger partial charge >= 0.3 is 12.1 Å². The number of methoxy groups -OCH3 is 1. The van der Waals surface area contributed by atoms with E-state index in [0.29, 0.717) is 42.0 Å². The molecule has 1 aliphatic heterocycles. The highest BCUT2D eigenvalue weighted by molar-refractivity contribution is 5.88. The number of aliphatic carboxylic acids is 1. The summed E-state index contributed by atoms with van der Waals surface area (Å²) in [5.41, 5.74) is -0.999. The summed E-state index contributed by atoms with van der Waals surface area (Å²) in [6.45, 7) is 7.57. The second kappa shape index (κ2) is 13.2. The van der Waals surface area contributed by atoms with Crippen LogP contribution in [0.15, 0.2) is 72.9 Å². The molecule has 0 saturated carbocycles. The number of alkyl halides is 3. The van der Waals surface area contributed by atoms with Gasteiger partial charge in [-0.3, -0.25) is 9.69 Å². The van der Waals surface area contributed by atoms with Crippen molar-refractivity contribution in [3.05, 3.63) is 101 Å². The van der Waals surface area contributed by atoms with Crippen molar-refractivity contribution in [1.82, 2.24) is 9.47 Å². The van der Waals surface area contributed by atoms with Crippen LogP contribution in [0.1, 0.15) is 36.0 Å². The Kier molecular flexibility index (Phi) is 9.37. The van der Waals surface area contributed by atoms with Crippen molar-refractivity contribution in [2.75, 3.05) is 26.7 Å². The molecular weight excluding hydrogens is 587 g/mol. The fourth-order valence-corrected chi connectivity index (χ4v) is 5.82. The lowest BCUT2D eigenvalue weighted by atomic mass is 9.91. The average molecular weight is 622 g/mol. The fraction of sp³-hybridized carbons (Fsp3) is 0.353. The molecule has 1 aromatic heterocycles. The van der Waals surface area contributed by atoms with Crippen LogP contribution in [0.3, 0.4) is 0 Å². The van der Waals surface area contributed by atoms with Crippen molar-refractivity contribution in [2.24, 2.45) is 0 Å². The number of hydrogen-bond donors (Lipinski definition) is 2. The molecule has 1 fully saturated rings. The van der Waals surface area contributed by atoms with Gasteiger partial charge in [0.15, 0.2) is 17.2 Å². The lowest BCUT2D eigenvalue weighted by Gasteiger charge is -2.39. The van der Waals surface area contributed by atoms with Gasteiger partial charge < -0.3 is 24.3 Å². The van der Waals surface area contributed by atoms with Gasteiger partial charge in [-0.05, 0) is 48.6 Å². The molecule has 8 nitrogen and oxygen atoms in total. The Balaban J connectivity index is 1.34. The quantitative estimate of drug-likeness (QED) is 0.185. The minimum absolute atomic E-state index is 0.0122. The molecule has 0 spiro atoms. The average Bonchev–Trinajstić information content (AvgIpc) is 3.39. The number of aromatic nitrogens is 1. The molecule has 0 amide bonds. The number of carbonyl (C=O) groups is 1. The molecule has 1 atom stereocenters. The minimum atomic E-state index is -4.97. The third kappa shape index (κ3) is 7.08. The van der Waals surface area contributed by atoms with E-state index in [2.05, 4.69) is 4.85 Å². The van der Waals surface area contributed by atoms with Crippen LogP contribution in [0, 0.1) is 6.57 Å². The highest BCUT2D eigenvalue weighted by Gasteiger charge is 2.57. The number of halogens is 3. The van der Waals surface area contributed by atoms with Gasteiger partial charge in [0.1, 0.15) is 6.10 Å². The van der Waals surface area contributed by atoms with E-state index < -0.39 is 24.3 Å². The maximum atomic E-state index is 14.8. The molecule has 11 heteroatoms. The Morgan fingerprint density at radius 2 is 1.76 bits per heavy atom. The number of piperidine rings is 1. The van der Waals surface area contributed by atoms with E-state index in [9.17, 15) is 23.1 Å². The SMILES string of the molecule is [C-]#[N+]c1ccc2c(C(O)(CN3CCC(Oc4ccc(CCC(=O)O)cc4OC)CC3)C(F)(F)F)cn(Cc3ccccc3)c2c1. The molecule has 4 aromatic rings. The Bertz CT molecular complexity index is 1690. The standard InChI is InChI=1S/C34H34F3N3O5/c1-38-25-10-11-27-28(21-40(29(27)19-25)20-24-6-4-3-5-7-24)33(43,34(35,36)37)22-39-16-14-26(15-17-39)45-30-12-8-23(9-13-32(41)42)18-31(30)44-2/h3-8,10-12,18-19,21,26,43H,9,13-17,20,22H2,2H3,(H,41,42). The van der Waals surface area contributed by atoms with Crippen molar-refractivity contribution < 1.29 is 37.7 Å². The number of hydrogen-bond acceptors (Lipinski definition) is 5. The number of aliphatic hydroxyl groups is 1. The molecule has 0 aliphatic carbocycles. The number of fused-ring (bicyclic) bond motifs is 1. The number of aryl methyl sites for hydroxylation is 1. The van der Waals surface area contributed by atoms with Gasteiger partial charge in [0, 0.05) is 55.3 Å². The molecule has 0 radical (unpaired) electrons. The number of benzene rings is 3. The number of nitrogens with zero attached hydrogens (tertiary/aromatic N) is 3. The van der Waals surface area contributed by atoms with Crippen LogP contribution in [0.4, 0.5) is 18.9 Å². The summed E-state index contributed by atoms with van der Waals surface area (Å²) in [5.74, 6) is 0.0394. The van der Waals surface area contributed by atoms with E-state index >= 15 is 0 Å². The van der Waals surface area contributed by atoms with Crippen LogP contribution in [0.25, 0.3) is 15.7 Å². The number of likely N-dealkylation sites (tertiary alicyclic amines) is 1. The summed E-state index contributed by atoms with van der Waals surface area (Å²) in [5, 5.41) is 20.7. The number of rotatable bonds is 11. The predicted molar refractivity (Wildman–Crippen MR) is 163 cm³/mol. The summed E-state index contributed by atoms with van der Waals surface area (Å²) in [7, 11) is 1.49. The molecule has 236 valence electrons. The number of ether oxygens (including phenoxy) is 2. The highest BCUT2D eigenvalue weighted by Crippen LogP contribution is 2.44. The number of carboxylic acids is 1. The van der Waals surface area contributed by atoms with E-state index in [1.165, 1.54) is 25.4 Å². The predicted octanol–water partition coefficient (Wildman–Crippen LogP) is 6.56. The van der Waals surface area contributed by atoms with Crippen molar-refractivity contribution >= 4 is 22.6 Å². The van der Waals surface area contributed by atoms with Crippen LogP contribution in [0.5, 0.6) is 11.5 Å². The normalized spacial score (nSPS) is 15.8. The van der Waals surface area contributed by atoms with Gasteiger partial charge in [-0.15, -0.1) is 0 Å². The van der Waals surface area contributed by atoms with Crippen molar-refractivity contribution in [3.8, 4) is 11.5 Å². The van der Waals surface area contributed by atoms with Gasteiger partial charge in [0.05, 0.1) is 13.7 Å². The van der Waals surface area contributed by atoms with Gasteiger partial charge in [-0.1, -0.05) is 48.5 Å². The maximum absolute atomic E-state index is 14.8. The van der Waals surface area contributed by atoms with Gasteiger partial charge in [-0.25, -0.2) is 4.85 Å². The summed E-state index contributed by atoms with van der Waals surface area (Å²) in [6.07, 6.45) is -2.69. The fourth-order valence-electron chi connectivity index (χ4n) is 5.82. The van der Waals surface area contributed by atoms with Crippen LogP contribution in [-0.4, -0.2) is 64.7 Å². The van der Waals surface area contributed by atoms with Crippen molar-refractivity contribution in [3.63, 3.8) is 0 Å². The van der Waals surface area contributed by atoms with E-state index in [4.69, 9.17) is 21.2 Å². The molecule has 5 rings (SSSR count). The van der Waals surface area contributed by atoms with Gasteiger partial charge in [-0.2, -0.15) is 13.2 Å². The van der Waals surface area contributed by atoms with Crippen LogP contribution in [0.2, 0.25) is 0 Å². The van der Waals surface area contributed by atoms with Crippen LogP contribution < -0.4 is 9.47 Å². The summed E-state index contributed by atoms with van der Waals surface area (Å²) < 4.78 is 57.7. The largest absolute Gasteiger partial charge is 0.493 e. The third-order valence-electron chi connectivity index (χ3n) is 8.24. The number of carboxylic acid groups (broad SMARTS) is 1. The molecule has 45 heavy (non-hydrogen) atoms.